The summed E-state index contributed by atoms with van der Waals surface area (Å²) in [5.74, 6) is 0. The average Bonchev–Trinajstić information content (AvgIpc) is 2.53. The molecule has 2 aromatic carbocycles. The van der Waals surface area contributed by atoms with Gasteiger partial charge in [-0.3, -0.25) is 15.4 Å². The van der Waals surface area contributed by atoms with Gasteiger partial charge in [0.05, 0.1) is 22.8 Å². The molecule has 7 nitrogen and oxygen atoms in total. The van der Waals surface area contributed by atoms with Crippen molar-refractivity contribution in [3.8, 4) is 0 Å². The Labute approximate surface area is 126 Å². The number of aliphatic hydroxyl groups is 1. The quantitative estimate of drug-likeness (QED) is 0.653. The van der Waals surface area contributed by atoms with Crippen LogP contribution >= 0.6 is 0 Å². The van der Waals surface area contributed by atoms with Gasteiger partial charge in [-0.2, -0.15) is 0 Å². The van der Waals surface area contributed by atoms with Crippen molar-refractivity contribution < 1.29 is 19.6 Å². The monoisotopic (exact) mass is 302 g/mol. The van der Waals surface area contributed by atoms with Gasteiger partial charge in [-0.15, -0.1) is 0 Å². The second-order valence-corrected chi connectivity index (χ2v) is 4.41. The van der Waals surface area contributed by atoms with E-state index in [1.807, 2.05) is 18.2 Å². The molecule has 0 spiro atoms. The molecule has 0 fully saturated rings. The molecule has 2 aromatic rings. The minimum Gasteiger partial charge on any atom is -0.444 e. The summed E-state index contributed by atoms with van der Waals surface area (Å²) in [6.45, 7) is -0.485. The van der Waals surface area contributed by atoms with E-state index < -0.39 is 17.6 Å². The molecular weight excluding hydrogens is 288 g/mol. The standard InChI is InChI=1S/C15H14N2O5/c18-9-12-13(7-4-8-14(12)17(20)21)16-15(19)22-10-11-5-2-1-3-6-11/h1-8,18H,9-10H2,(H,16,19). The molecule has 0 aliphatic heterocycles. The Balaban J connectivity index is 2.05. The summed E-state index contributed by atoms with van der Waals surface area (Å²) in [5, 5.41) is 22.6. The first-order chi connectivity index (χ1) is 10.6. The molecule has 1 amide bonds. The van der Waals surface area contributed by atoms with Crippen molar-refractivity contribution in [1.82, 2.24) is 0 Å². The number of hydrogen-bond donors (Lipinski definition) is 2. The van der Waals surface area contributed by atoms with Crippen LogP contribution in [0.15, 0.2) is 48.5 Å². The molecule has 2 N–H and O–H groups in total. The predicted molar refractivity (Wildman–Crippen MR) is 79.3 cm³/mol. The molecule has 0 heterocycles. The lowest BCUT2D eigenvalue weighted by atomic mass is 10.1. The fourth-order valence-corrected chi connectivity index (χ4v) is 1.90. The fourth-order valence-electron chi connectivity index (χ4n) is 1.90. The summed E-state index contributed by atoms with van der Waals surface area (Å²) < 4.78 is 5.03. The molecule has 2 rings (SSSR count). The van der Waals surface area contributed by atoms with Crippen LogP contribution in [0.2, 0.25) is 0 Å². The van der Waals surface area contributed by atoms with E-state index in [0.29, 0.717) is 0 Å². The zero-order valence-electron chi connectivity index (χ0n) is 11.6. The third kappa shape index (κ3) is 3.80. The minimum absolute atomic E-state index is 0.0316. The number of nitrogens with zero attached hydrogens (tertiary/aromatic N) is 1. The molecule has 0 aliphatic carbocycles. The molecule has 0 aromatic heterocycles. The van der Waals surface area contributed by atoms with Crippen LogP contribution in [0.5, 0.6) is 0 Å². The first-order valence-electron chi connectivity index (χ1n) is 6.46. The molecule has 0 saturated carbocycles. The smallest absolute Gasteiger partial charge is 0.411 e. The van der Waals surface area contributed by atoms with Gasteiger partial charge in [0.25, 0.3) is 5.69 Å². The van der Waals surface area contributed by atoms with Crippen molar-refractivity contribution >= 4 is 17.5 Å². The van der Waals surface area contributed by atoms with Crippen LogP contribution in [-0.2, 0) is 18.0 Å². The number of hydrogen-bond acceptors (Lipinski definition) is 5. The summed E-state index contributed by atoms with van der Waals surface area (Å²) in [7, 11) is 0. The van der Waals surface area contributed by atoms with Gasteiger partial charge in [-0.05, 0) is 11.6 Å². The average molecular weight is 302 g/mol. The number of benzene rings is 2. The van der Waals surface area contributed by atoms with Crippen LogP contribution in [0.3, 0.4) is 0 Å². The molecule has 0 atom stereocenters. The van der Waals surface area contributed by atoms with Gasteiger partial charge in [0, 0.05) is 6.07 Å². The van der Waals surface area contributed by atoms with E-state index in [0.717, 1.165) is 5.56 Å². The van der Waals surface area contributed by atoms with Gasteiger partial charge in [0.2, 0.25) is 0 Å². The minimum atomic E-state index is -0.751. The molecule has 0 unspecified atom stereocenters. The summed E-state index contributed by atoms with van der Waals surface area (Å²) in [4.78, 5) is 22.0. The number of rotatable bonds is 5. The molecular formula is C15H14N2O5. The number of nitrogens with one attached hydrogen (secondary N) is 1. The molecule has 0 radical (unpaired) electrons. The largest absolute Gasteiger partial charge is 0.444 e. The van der Waals surface area contributed by atoms with Crippen molar-refractivity contribution in [3.63, 3.8) is 0 Å². The normalized spacial score (nSPS) is 10.0. The van der Waals surface area contributed by atoms with Crippen molar-refractivity contribution in [3.05, 3.63) is 69.8 Å². The zero-order chi connectivity index (χ0) is 15.9. The molecule has 7 heteroatoms. The van der Waals surface area contributed by atoms with E-state index in [9.17, 15) is 20.0 Å². The van der Waals surface area contributed by atoms with E-state index in [4.69, 9.17) is 4.74 Å². The van der Waals surface area contributed by atoms with Gasteiger partial charge in [-0.1, -0.05) is 36.4 Å². The van der Waals surface area contributed by atoms with Crippen LogP contribution in [0.25, 0.3) is 0 Å². The van der Waals surface area contributed by atoms with Crippen LogP contribution in [0.1, 0.15) is 11.1 Å². The Kier molecular flexibility index (Phi) is 5.05. The van der Waals surface area contributed by atoms with Gasteiger partial charge in [0.15, 0.2) is 0 Å². The van der Waals surface area contributed by atoms with E-state index in [-0.39, 0.29) is 23.5 Å². The van der Waals surface area contributed by atoms with Crippen LogP contribution in [-0.4, -0.2) is 16.1 Å². The lowest BCUT2D eigenvalue weighted by Crippen LogP contribution is -2.15. The van der Waals surface area contributed by atoms with Gasteiger partial charge < -0.3 is 9.84 Å². The number of nitro groups is 1. The van der Waals surface area contributed by atoms with Crippen molar-refractivity contribution in [1.29, 1.82) is 0 Å². The number of carbonyl (C=O) groups is 1. The summed E-state index contributed by atoms with van der Waals surface area (Å²) in [6, 6.07) is 13.2. The van der Waals surface area contributed by atoms with Crippen molar-refractivity contribution in [2.45, 2.75) is 13.2 Å². The Morgan fingerprint density at radius 1 is 1.18 bits per heavy atom. The zero-order valence-corrected chi connectivity index (χ0v) is 11.6. The lowest BCUT2D eigenvalue weighted by Gasteiger charge is -2.10. The maximum absolute atomic E-state index is 11.8. The maximum atomic E-state index is 11.8. The highest BCUT2D eigenvalue weighted by molar-refractivity contribution is 5.86. The highest BCUT2D eigenvalue weighted by Crippen LogP contribution is 2.26. The molecule has 114 valence electrons. The lowest BCUT2D eigenvalue weighted by molar-refractivity contribution is -0.385. The van der Waals surface area contributed by atoms with Crippen LogP contribution < -0.4 is 5.32 Å². The maximum Gasteiger partial charge on any atom is 0.411 e. The third-order valence-corrected chi connectivity index (χ3v) is 2.96. The highest BCUT2D eigenvalue weighted by atomic mass is 16.6. The Bertz CT molecular complexity index is 673. The van der Waals surface area contributed by atoms with Gasteiger partial charge in [-0.25, -0.2) is 4.79 Å². The fraction of sp³-hybridized carbons (Fsp3) is 0.133. The first kappa shape index (κ1) is 15.5. The second-order valence-electron chi connectivity index (χ2n) is 4.41. The third-order valence-electron chi connectivity index (χ3n) is 2.96. The predicted octanol–water partition coefficient (Wildman–Crippen LogP) is 2.84. The molecule has 0 aliphatic rings. The van der Waals surface area contributed by atoms with E-state index in [2.05, 4.69) is 5.32 Å². The number of nitro benzene ring substituents is 1. The number of anilines is 1. The van der Waals surface area contributed by atoms with Crippen molar-refractivity contribution in [2.75, 3.05) is 5.32 Å². The van der Waals surface area contributed by atoms with E-state index >= 15 is 0 Å². The Morgan fingerprint density at radius 3 is 2.55 bits per heavy atom. The summed E-state index contributed by atoms with van der Waals surface area (Å²) in [6.07, 6.45) is -0.751. The van der Waals surface area contributed by atoms with Crippen molar-refractivity contribution in [2.24, 2.45) is 0 Å². The highest BCUT2D eigenvalue weighted by Gasteiger charge is 2.18. The van der Waals surface area contributed by atoms with Crippen LogP contribution in [0, 0.1) is 10.1 Å². The topological polar surface area (TPSA) is 102 Å². The SMILES string of the molecule is O=C(Nc1cccc([N+](=O)[O-])c1CO)OCc1ccccc1. The second kappa shape index (κ2) is 7.19. The number of amides is 1. The number of carbonyl (C=O) groups excluding carboxylic acids is 1. The summed E-state index contributed by atoms with van der Waals surface area (Å²) in [5.41, 5.74) is 0.737. The van der Waals surface area contributed by atoms with Gasteiger partial charge in [0.1, 0.15) is 6.61 Å². The number of aliphatic hydroxyl groups excluding tert-OH is 1. The molecule has 0 saturated heterocycles. The Hall–Kier alpha value is -2.93. The Morgan fingerprint density at radius 2 is 1.91 bits per heavy atom. The summed E-state index contributed by atoms with van der Waals surface area (Å²) >= 11 is 0. The first-order valence-corrected chi connectivity index (χ1v) is 6.46. The molecule has 0 bridgehead atoms. The van der Waals surface area contributed by atoms with E-state index in [1.54, 1.807) is 12.1 Å². The van der Waals surface area contributed by atoms with Crippen LogP contribution in [0.4, 0.5) is 16.2 Å². The number of ether oxygens (including phenoxy) is 1. The van der Waals surface area contributed by atoms with Gasteiger partial charge >= 0.3 is 6.09 Å². The van der Waals surface area contributed by atoms with E-state index in [1.165, 1.54) is 18.2 Å². The molecule has 22 heavy (non-hydrogen) atoms.